The highest BCUT2D eigenvalue weighted by atomic mass is 16.2. The van der Waals surface area contributed by atoms with Crippen molar-refractivity contribution in [3.8, 4) is 0 Å². The van der Waals surface area contributed by atoms with Gasteiger partial charge < -0.3 is 15.6 Å². The lowest BCUT2D eigenvalue weighted by molar-refractivity contribution is -0.121. The van der Waals surface area contributed by atoms with Crippen LogP contribution in [-0.4, -0.2) is 17.0 Å². The van der Waals surface area contributed by atoms with Gasteiger partial charge in [0.15, 0.2) is 0 Å². The Morgan fingerprint density at radius 1 is 1.50 bits per heavy atom. The van der Waals surface area contributed by atoms with Gasteiger partial charge >= 0.3 is 0 Å². The molecular weight excluding hydrogens is 254 g/mol. The molecule has 1 atom stereocenters. The van der Waals surface area contributed by atoms with Crippen molar-refractivity contribution in [3.05, 3.63) is 33.7 Å². The van der Waals surface area contributed by atoms with Crippen LogP contribution >= 0.6 is 0 Å². The second-order valence-electron chi connectivity index (χ2n) is 5.86. The minimum absolute atomic E-state index is 0.0238. The number of nitrogens with two attached hydrogens (primary N) is 1. The van der Waals surface area contributed by atoms with E-state index in [2.05, 4.69) is 5.32 Å². The zero-order valence-corrected chi connectivity index (χ0v) is 12.2. The molecule has 1 aromatic rings. The van der Waals surface area contributed by atoms with Crippen LogP contribution in [0.3, 0.4) is 0 Å². The summed E-state index contributed by atoms with van der Waals surface area (Å²) in [6.45, 7) is 4.79. The standard InChI is InChI=1S/C15H23N3O2/c1-10(2)8-17-14(19)9-18-13-5-3-4-12(16)11(13)6-7-15(18)20/h6-7,10,12H,3-5,8-9,16H2,1-2H3,(H,17,19). The SMILES string of the molecule is CC(C)CNC(=O)Cn1c2c(ccc1=O)C(N)CCC2. The Labute approximate surface area is 119 Å². The van der Waals surface area contributed by atoms with Gasteiger partial charge in [-0.05, 0) is 30.7 Å². The van der Waals surface area contributed by atoms with E-state index in [0.717, 1.165) is 30.5 Å². The molecule has 1 heterocycles. The first kappa shape index (κ1) is 14.8. The van der Waals surface area contributed by atoms with Crippen molar-refractivity contribution in [2.24, 2.45) is 11.7 Å². The first-order chi connectivity index (χ1) is 9.49. The fourth-order valence-electron chi connectivity index (χ4n) is 2.59. The van der Waals surface area contributed by atoms with Gasteiger partial charge in [-0.1, -0.05) is 19.9 Å². The summed E-state index contributed by atoms with van der Waals surface area (Å²) in [5.74, 6) is 0.280. The van der Waals surface area contributed by atoms with E-state index in [-0.39, 0.29) is 24.1 Å². The molecule has 5 nitrogen and oxygen atoms in total. The zero-order chi connectivity index (χ0) is 14.7. The predicted octanol–water partition coefficient (Wildman–Crippen LogP) is 0.957. The average Bonchev–Trinajstić information content (AvgIpc) is 2.40. The van der Waals surface area contributed by atoms with Crippen LogP contribution in [0.1, 0.15) is 44.0 Å². The molecule has 0 bridgehead atoms. The Morgan fingerprint density at radius 2 is 2.25 bits per heavy atom. The maximum Gasteiger partial charge on any atom is 0.251 e. The number of amides is 1. The minimum Gasteiger partial charge on any atom is -0.354 e. The van der Waals surface area contributed by atoms with Gasteiger partial charge in [-0.15, -0.1) is 0 Å². The molecule has 0 fully saturated rings. The summed E-state index contributed by atoms with van der Waals surface area (Å²) in [5, 5.41) is 2.85. The molecule has 0 aromatic carbocycles. The summed E-state index contributed by atoms with van der Waals surface area (Å²) in [7, 11) is 0. The van der Waals surface area contributed by atoms with Crippen LogP contribution < -0.4 is 16.6 Å². The fraction of sp³-hybridized carbons (Fsp3) is 0.600. The van der Waals surface area contributed by atoms with Gasteiger partial charge in [0.05, 0.1) is 0 Å². The van der Waals surface area contributed by atoms with Crippen molar-refractivity contribution in [2.45, 2.75) is 45.7 Å². The average molecular weight is 277 g/mol. The molecule has 0 saturated carbocycles. The highest BCUT2D eigenvalue weighted by Gasteiger charge is 2.21. The summed E-state index contributed by atoms with van der Waals surface area (Å²) in [6.07, 6.45) is 2.71. The van der Waals surface area contributed by atoms with Gasteiger partial charge in [-0.2, -0.15) is 0 Å². The minimum atomic E-state index is -0.127. The number of hydrogen-bond donors (Lipinski definition) is 2. The molecule has 1 unspecified atom stereocenters. The molecule has 0 radical (unpaired) electrons. The third kappa shape index (κ3) is 3.28. The van der Waals surface area contributed by atoms with Crippen LogP contribution in [0.25, 0.3) is 0 Å². The summed E-state index contributed by atoms with van der Waals surface area (Å²) >= 11 is 0. The monoisotopic (exact) mass is 277 g/mol. The van der Waals surface area contributed by atoms with Crippen LogP contribution in [0.2, 0.25) is 0 Å². The van der Waals surface area contributed by atoms with E-state index in [1.807, 2.05) is 19.9 Å². The van der Waals surface area contributed by atoms with E-state index < -0.39 is 0 Å². The molecule has 0 aliphatic heterocycles. The molecule has 3 N–H and O–H groups in total. The molecule has 1 amide bonds. The Bertz CT molecular complexity index is 549. The van der Waals surface area contributed by atoms with Gasteiger partial charge in [0.2, 0.25) is 5.91 Å². The molecule has 1 aliphatic carbocycles. The van der Waals surface area contributed by atoms with Gasteiger partial charge in [-0.3, -0.25) is 9.59 Å². The summed E-state index contributed by atoms with van der Waals surface area (Å²) in [6, 6.07) is 3.30. The van der Waals surface area contributed by atoms with Gasteiger partial charge in [-0.25, -0.2) is 0 Å². The summed E-state index contributed by atoms with van der Waals surface area (Å²) < 4.78 is 1.57. The quantitative estimate of drug-likeness (QED) is 0.860. The van der Waals surface area contributed by atoms with E-state index in [1.165, 1.54) is 6.07 Å². The van der Waals surface area contributed by atoms with Crippen LogP contribution in [0.5, 0.6) is 0 Å². The van der Waals surface area contributed by atoms with E-state index in [4.69, 9.17) is 5.73 Å². The molecule has 20 heavy (non-hydrogen) atoms. The van der Waals surface area contributed by atoms with Crippen molar-refractivity contribution in [1.82, 2.24) is 9.88 Å². The number of nitrogens with zero attached hydrogens (tertiary/aromatic N) is 1. The van der Waals surface area contributed by atoms with Gasteiger partial charge in [0, 0.05) is 24.3 Å². The van der Waals surface area contributed by atoms with Gasteiger partial charge in [0.25, 0.3) is 5.56 Å². The van der Waals surface area contributed by atoms with E-state index in [0.29, 0.717) is 12.5 Å². The first-order valence-electron chi connectivity index (χ1n) is 7.24. The molecule has 110 valence electrons. The Morgan fingerprint density at radius 3 is 2.95 bits per heavy atom. The second kappa shape index (κ2) is 6.22. The molecule has 0 spiro atoms. The van der Waals surface area contributed by atoms with Crippen molar-refractivity contribution in [2.75, 3.05) is 6.54 Å². The molecule has 1 aliphatic rings. The number of carbonyl (C=O) groups excluding carboxylic acids is 1. The number of hydrogen-bond acceptors (Lipinski definition) is 3. The van der Waals surface area contributed by atoms with Crippen LogP contribution in [0, 0.1) is 5.92 Å². The third-order valence-electron chi connectivity index (χ3n) is 3.67. The normalized spacial score (nSPS) is 17.9. The van der Waals surface area contributed by atoms with Crippen LogP contribution in [-0.2, 0) is 17.8 Å². The summed E-state index contributed by atoms with van der Waals surface area (Å²) in [5.41, 5.74) is 7.89. The third-order valence-corrected chi connectivity index (χ3v) is 3.67. The maximum absolute atomic E-state index is 12.0. The zero-order valence-electron chi connectivity index (χ0n) is 12.2. The second-order valence-corrected chi connectivity index (χ2v) is 5.86. The number of pyridine rings is 1. The van der Waals surface area contributed by atoms with Gasteiger partial charge in [0.1, 0.15) is 6.54 Å². The number of fused-ring (bicyclic) bond motifs is 1. The Kier molecular flexibility index (Phi) is 4.60. The molecule has 0 saturated heterocycles. The molecule has 2 rings (SSSR count). The summed E-state index contributed by atoms with van der Waals surface area (Å²) in [4.78, 5) is 23.9. The Balaban J connectivity index is 2.21. The lowest BCUT2D eigenvalue weighted by Crippen LogP contribution is -2.37. The number of rotatable bonds is 4. The fourth-order valence-corrected chi connectivity index (χ4v) is 2.59. The molecule has 5 heteroatoms. The maximum atomic E-state index is 12.0. The highest BCUT2D eigenvalue weighted by molar-refractivity contribution is 5.75. The number of nitrogens with one attached hydrogen (secondary N) is 1. The number of aromatic nitrogens is 1. The van der Waals surface area contributed by atoms with Crippen LogP contribution in [0.4, 0.5) is 0 Å². The van der Waals surface area contributed by atoms with Crippen molar-refractivity contribution < 1.29 is 4.79 Å². The smallest absolute Gasteiger partial charge is 0.251 e. The first-order valence-corrected chi connectivity index (χ1v) is 7.24. The largest absolute Gasteiger partial charge is 0.354 e. The van der Waals surface area contributed by atoms with E-state index in [9.17, 15) is 9.59 Å². The predicted molar refractivity (Wildman–Crippen MR) is 78.4 cm³/mol. The lowest BCUT2D eigenvalue weighted by atomic mass is 9.91. The van der Waals surface area contributed by atoms with E-state index in [1.54, 1.807) is 4.57 Å². The lowest BCUT2D eigenvalue weighted by Gasteiger charge is -2.25. The van der Waals surface area contributed by atoms with Crippen molar-refractivity contribution >= 4 is 5.91 Å². The Hall–Kier alpha value is -1.62. The van der Waals surface area contributed by atoms with Crippen molar-refractivity contribution in [1.29, 1.82) is 0 Å². The molecular formula is C15H23N3O2. The molecule has 1 aromatic heterocycles. The highest BCUT2D eigenvalue weighted by Crippen LogP contribution is 2.26. The van der Waals surface area contributed by atoms with Crippen molar-refractivity contribution in [3.63, 3.8) is 0 Å². The topological polar surface area (TPSA) is 77.1 Å². The van der Waals surface area contributed by atoms with Crippen LogP contribution in [0.15, 0.2) is 16.9 Å². The van der Waals surface area contributed by atoms with E-state index >= 15 is 0 Å². The number of carbonyl (C=O) groups is 1.